The van der Waals surface area contributed by atoms with Gasteiger partial charge in [-0.15, -0.1) is 0 Å². The lowest BCUT2D eigenvalue weighted by molar-refractivity contribution is 0.0861. The zero-order chi connectivity index (χ0) is 14.3. The first-order chi connectivity index (χ1) is 9.54. The van der Waals surface area contributed by atoms with E-state index in [4.69, 9.17) is 5.26 Å². The van der Waals surface area contributed by atoms with Crippen LogP contribution in [0.5, 0.6) is 0 Å². The molecular weight excluding hydrogens is 252 g/mol. The molecule has 0 atom stereocenters. The predicted molar refractivity (Wildman–Crippen MR) is 74.1 cm³/mol. The number of aryl methyl sites for hydroxylation is 1. The van der Waals surface area contributed by atoms with Gasteiger partial charge in [-0.25, -0.2) is 4.98 Å². The van der Waals surface area contributed by atoms with Crippen LogP contribution in [0.2, 0.25) is 0 Å². The fourth-order valence-corrected chi connectivity index (χ4v) is 3.46. The first kappa shape index (κ1) is 13.1. The van der Waals surface area contributed by atoms with Crippen molar-refractivity contribution in [1.82, 2.24) is 15.2 Å². The molecule has 1 aliphatic carbocycles. The maximum Gasteiger partial charge on any atom is 0.269 e. The number of likely N-dealkylation sites (N-methyl/N-ethyl adjacent to an activating group) is 1. The summed E-state index contributed by atoms with van der Waals surface area (Å²) in [6.45, 7) is 3.57. The Morgan fingerprint density at radius 3 is 2.90 bits per heavy atom. The van der Waals surface area contributed by atoms with Gasteiger partial charge >= 0.3 is 0 Å². The molecule has 1 saturated carbocycles. The van der Waals surface area contributed by atoms with Crippen LogP contribution in [0.25, 0.3) is 0 Å². The normalized spacial score (nSPS) is 27.8. The van der Waals surface area contributed by atoms with E-state index < -0.39 is 0 Å². The molecule has 3 aliphatic rings. The van der Waals surface area contributed by atoms with E-state index in [1.807, 2.05) is 0 Å². The summed E-state index contributed by atoms with van der Waals surface area (Å²) in [5, 5.41) is 11.9. The molecule has 1 N–H and O–H groups in total. The average molecular weight is 270 g/mol. The van der Waals surface area contributed by atoms with Gasteiger partial charge in [0.05, 0.1) is 11.3 Å². The van der Waals surface area contributed by atoms with Crippen LogP contribution in [-0.4, -0.2) is 41.5 Å². The Kier molecular flexibility index (Phi) is 2.98. The van der Waals surface area contributed by atoms with E-state index in [0.29, 0.717) is 23.5 Å². The molecule has 2 aliphatic heterocycles. The number of nitrogens with one attached hydrogen (secondary N) is 1. The molecule has 5 heteroatoms. The van der Waals surface area contributed by atoms with Crippen molar-refractivity contribution < 1.29 is 4.79 Å². The molecule has 1 amide bonds. The number of hydrogen-bond acceptors (Lipinski definition) is 4. The van der Waals surface area contributed by atoms with Gasteiger partial charge in [-0.05, 0) is 44.9 Å². The molecule has 104 valence electrons. The Hall–Kier alpha value is -1.93. The smallest absolute Gasteiger partial charge is 0.269 e. The molecule has 0 unspecified atom stereocenters. The molecule has 20 heavy (non-hydrogen) atoms. The molecule has 3 fully saturated rings. The topological polar surface area (TPSA) is 69.0 Å². The number of amides is 1. The minimum Gasteiger partial charge on any atom is -0.349 e. The summed E-state index contributed by atoms with van der Waals surface area (Å²) >= 11 is 0. The maximum atomic E-state index is 12.1. The van der Waals surface area contributed by atoms with Gasteiger partial charge in [0, 0.05) is 18.6 Å². The number of hydrogen-bond donors (Lipinski definition) is 1. The van der Waals surface area contributed by atoms with Crippen LogP contribution in [0.3, 0.4) is 0 Å². The monoisotopic (exact) mass is 270 g/mol. The SMILES string of the molecule is Cc1nc(C(=O)NCC23CC(CN2C)C3)ccc1C#N. The molecular formula is C15H18N4O. The first-order valence-electron chi connectivity index (χ1n) is 6.91. The highest BCUT2D eigenvalue weighted by molar-refractivity contribution is 5.92. The number of carbonyl (C=O) groups is 1. The third-order valence-electron chi connectivity index (χ3n) is 4.70. The van der Waals surface area contributed by atoms with Crippen molar-refractivity contribution in [3.8, 4) is 6.07 Å². The molecule has 5 nitrogen and oxygen atoms in total. The van der Waals surface area contributed by atoms with Crippen molar-refractivity contribution in [2.75, 3.05) is 20.1 Å². The van der Waals surface area contributed by atoms with Gasteiger partial charge < -0.3 is 5.32 Å². The van der Waals surface area contributed by atoms with Crippen molar-refractivity contribution in [3.63, 3.8) is 0 Å². The van der Waals surface area contributed by atoms with Gasteiger partial charge in [0.15, 0.2) is 0 Å². The van der Waals surface area contributed by atoms with Gasteiger partial charge in [0.25, 0.3) is 5.91 Å². The average Bonchev–Trinajstić information content (AvgIpc) is 2.87. The number of fused-ring (bicyclic) bond motifs is 1. The lowest BCUT2D eigenvalue weighted by atomic mass is 9.73. The fourth-order valence-electron chi connectivity index (χ4n) is 3.46. The molecule has 2 saturated heterocycles. The van der Waals surface area contributed by atoms with Crippen LogP contribution >= 0.6 is 0 Å². The molecule has 0 spiro atoms. The van der Waals surface area contributed by atoms with E-state index in [-0.39, 0.29) is 11.4 Å². The second kappa shape index (κ2) is 4.57. The minimum absolute atomic E-state index is 0.157. The van der Waals surface area contributed by atoms with Crippen molar-refractivity contribution in [1.29, 1.82) is 5.26 Å². The molecule has 1 aromatic heterocycles. The van der Waals surface area contributed by atoms with E-state index in [1.165, 1.54) is 12.8 Å². The van der Waals surface area contributed by atoms with Crippen LogP contribution in [0, 0.1) is 24.2 Å². The highest BCUT2D eigenvalue weighted by Crippen LogP contribution is 2.48. The summed E-state index contributed by atoms with van der Waals surface area (Å²) in [5.74, 6) is 0.655. The fraction of sp³-hybridized carbons (Fsp3) is 0.533. The van der Waals surface area contributed by atoms with E-state index in [0.717, 1.165) is 12.5 Å². The highest BCUT2D eigenvalue weighted by Gasteiger charge is 2.54. The van der Waals surface area contributed by atoms with Crippen molar-refractivity contribution in [2.45, 2.75) is 25.3 Å². The van der Waals surface area contributed by atoms with Gasteiger partial charge in [-0.2, -0.15) is 5.26 Å². The van der Waals surface area contributed by atoms with Gasteiger partial charge in [0.2, 0.25) is 0 Å². The number of aromatic nitrogens is 1. The summed E-state index contributed by atoms with van der Waals surface area (Å²) in [6.07, 6.45) is 2.37. The van der Waals surface area contributed by atoms with Crippen molar-refractivity contribution >= 4 is 5.91 Å². The zero-order valence-electron chi connectivity index (χ0n) is 11.8. The van der Waals surface area contributed by atoms with Gasteiger partial charge in [-0.3, -0.25) is 9.69 Å². The summed E-state index contributed by atoms with van der Waals surface area (Å²) in [4.78, 5) is 18.7. The third kappa shape index (κ3) is 1.97. The lowest BCUT2D eigenvalue weighted by Gasteiger charge is -2.41. The number of carbonyl (C=O) groups excluding carboxylic acids is 1. The second-order valence-corrected chi connectivity index (χ2v) is 6.00. The first-order valence-corrected chi connectivity index (χ1v) is 6.91. The van der Waals surface area contributed by atoms with Gasteiger partial charge in [0.1, 0.15) is 11.8 Å². The van der Waals surface area contributed by atoms with Crippen LogP contribution in [0.1, 0.15) is 34.6 Å². The standard InChI is InChI=1S/C15H18N4O/c1-10-12(7-16)3-4-13(18-10)14(20)17-9-15-5-11(6-15)8-19(15)2/h3-4,11H,5-6,8-9H2,1-2H3,(H,17,20). The Bertz CT molecular complexity index is 598. The van der Waals surface area contributed by atoms with Crippen LogP contribution < -0.4 is 5.32 Å². The molecule has 0 radical (unpaired) electrons. The van der Waals surface area contributed by atoms with E-state index in [1.54, 1.807) is 19.1 Å². The van der Waals surface area contributed by atoms with Crippen molar-refractivity contribution in [2.24, 2.45) is 5.92 Å². The number of nitriles is 1. The second-order valence-electron chi connectivity index (χ2n) is 6.00. The third-order valence-corrected chi connectivity index (χ3v) is 4.70. The van der Waals surface area contributed by atoms with Crippen LogP contribution in [-0.2, 0) is 0 Å². The highest BCUT2D eigenvalue weighted by atomic mass is 16.1. The van der Waals surface area contributed by atoms with Crippen molar-refractivity contribution in [3.05, 3.63) is 29.1 Å². The molecule has 2 bridgehead atoms. The summed E-state index contributed by atoms with van der Waals surface area (Å²) in [6, 6.07) is 5.32. The number of nitrogens with zero attached hydrogens (tertiary/aromatic N) is 3. The Balaban J connectivity index is 1.65. The van der Waals surface area contributed by atoms with Gasteiger partial charge in [-0.1, -0.05) is 0 Å². The van der Waals surface area contributed by atoms with E-state index >= 15 is 0 Å². The Labute approximate surface area is 118 Å². The summed E-state index contributed by atoms with van der Waals surface area (Å²) < 4.78 is 0. The van der Waals surface area contributed by atoms with E-state index in [9.17, 15) is 4.79 Å². The molecule has 1 aromatic rings. The zero-order valence-corrected chi connectivity index (χ0v) is 11.8. The summed E-state index contributed by atoms with van der Waals surface area (Å²) in [7, 11) is 2.13. The quantitative estimate of drug-likeness (QED) is 0.892. The summed E-state index contributed by atoms with van der Waals surface area (Å²) in [5.41, 5.74) is 1.66. The largest absolute Gasteiger partial charge is 0.349 e. The molecule has 0 aromatic carbocycles. The molecule has 4 rings (SSSR count). The van der Waals surface area contributed by atoms with Crippen LogP contribution in [0.15, 0.2) is 12.1 Å². The maximum absolute atomic E-state index is 12.1. The lowest BCUT2D eigenvalue weighted by Crippen LogP contribution is -2.53. The van der Waals surface area contributed by atoms with E-state index in [2.05, 4.69) is 28.3 Å². The Morgan fingerprint density at radius 2 is 2.35 bits per heavy atom. The number of rotatable bonds is 3. The Morgan fingerprint density at radius 1 is 1.60 bits per heavy atom. The predicted octanol–water partition coefficient (Wildman–Crippen LogP) is 1.09. The number of pyridine rings is 1. The molecule has 3 heterocycles. The minimum atomic E-state index is -0.157. The van der Waals surface area contributed by atoms with Crippen LogP contribution in [0.4, 0.5) is 0 Å².